The van der Waals surface area contributed by atoms with E-state index in [0.29, 0.717) is 22.4 Å². The number of rotatable bonds is 6. The van der Waals surface area contributed by atoms with E-state index in [0.717, 1.165) is 0 Å². The Morgan fingerprint density at radius 3 is 2.46 bits per heavy atom. The molecule has 0 aliphatic heterocycles. The maximum Gasteiger partial charge on any atom is 0.270 e. The van der Waals surface area contributed by atoms with E-state index < -0.39 is 10.0 Å². The van der Waals surface area contributed by atoms with Crippen molar-refractivity contribution in [1.82, 2.24) is 10.1 Å². The number of hydrogen-bond acceptors (Lipinski definition) is 8. The maximum atomic E-state index is 13.0. The summed E-state index contributed by atoms with van der Waals surface area (Å²) in [6.07, 6.45) is 2.99. The van der Waals surface area contributed by atoms with Crippen molar-refractivity contribution in [2.45, 2.75) is 4.90 Å². The van der Waals surface area contributed by atoms with Gasteiger partial charge in [0.15, 0.2) is 16.3 Å². The van der Waals surface area contributed by atoms with Crippen molar-refractivity contribution < 1.29 is 26.8 Å². The van der Waals surface area contributed by atoms with E-state index in [1.165, 1.54) is 38.8 Å². The van der Waals surface area contributed by atoms with Crippen LogP contribution >= 0.6 is 0 Å². The number of benzene rings is 2. The molecule has 28 heavy (non-hydrogen) atoms. The Labute approximate surface area is 159 Å². The molecule has 9 nitrogen and oxygen atoms in total. The lowest BCUT2D eigenvalue weighted by molar-refractivity contribution is 0.373. The second-order valence-corrected chi connectivity index (χ2v) is 7.30. The van der Waals surface area contributed by atoms with Crippen LogP contribution in [0.25, 0.3) is 22.4 Å². The summed E-state index contributed by atoms with van der Waals surface area (Å²) in [5.74, 6) is 0.748. The van der Waals surface area contributed by atoms with E-state index in [2.05, 4.69) is 14.9 Å². The molecule has 0 radical (unpaired) electrons. The highest BCUT2D eigenvalue weighted by Gasteiger charge is 2.27. The minimum atomic E-state index is -4.07. The number of nitrogens with zero attached hydrogens (tertiary/aromatic N) is 2. The predicted octanol–water partition coefficient (Wildman–Crippen LogP) is 3.30. The number of fused-ring (bicyclic) bond motifs is 1. The third-order valence-corrected chi connectivity index (χ3v) is 5.44. The summed E-state index contributed by atoms with van der Waals surface area (Å²) in [4.78, 5) is 3.94. The van der Waals surface area contributed by atoms with Crippen molar-refractivity contribution in [2.24, 2.45) is 0 Å². The second-order valence-electron chi connectivity index (χ2n) is 5.68. The van der Waals surface area contributed by atoms with Crippen molar-refractivity contribution in [3.8, 4) is 23.0 Å². The van der Waals surface area contributed by atoms with Crippen LogP contribution in [0.3, 0.4) is 0 Å². The molecule has 144 valence electrons. The molecule has 0 spiro atoms. The molecule has 0 saturated heterocycles. The molecule has 2 aromatic carbocycles. The summed E-state index contributed by atoms with van der Waals surface area (Å²) < 4.78 is 49.3. The Balaban J connectivity index is 1.74. The van der Waals surface area contributed by atoms with E-state index in [1.54, 1.807) is 24.3 Å². The Morgan fingerprint density at radius 1 is 1.07 bits per heavy atom. The van der Waals surface area contributed by atoms with Crippen LogP contribution in [-0.4, -0.2) is 32.8 Å². The molecule has 0 bridgehead atoms. The molecule has 2 heterocycles. The third-order valence-electron chi connectivity index (χ3n) is 4.03. The standard InChI is InChI=1S/C18H15N3O6S/c1-24-13-4-3-5-14(25-2)16(13)28(22,23)21-17-12-7-6-11(10-15(12)27-20-17)18-19-8-9-26-18/h3-10H,1-2H3,(H,20,21). The van der Waals surface area contributed by atoms with E-state index in [1.807, 2.05) is 0 Å². The zero-order valence-corrected chi connectivity index (χ0v) is 15.7. The fraction of sp³-hybridized carbons (Fsp3) is 0.111. The minimum absolute atomic E-state index is 0.0434. The molecule has 0 fully saturated rings. The number of oxazole rings is 1. The van der Waals surface area contributed by atoms with Gasteiger partial charge in [0.2, 0.25) is 5.89 Å². The van der Waals surface area contributed by atoms with Gasteiger partial charge in [-0.3, -0.25) is 4.72 Å². The monoisotopic (exact) mass is 401 g/mol. The van der Waals surface area contributed by atoms with Gasteiger partial charge in [-0.25, -0.2) is 13.4 Å². The molecule has 0 saturated carbocycles. The molecule has 0 unspecified atom stereocenters. The Bertz CT molecular complexity index is 1210. The lowest BCUT2D eigenvalue weighted by Gasteiger charge is -2.13. The topological polar surface area (TPSA) is 117 Å². The van der Waals surface area contributed by atoms with Gasteiger partial charge in [-0.1, -0.05) is 11.2 Å². The van der Waals surface area contributed by atoms with Crippen molar-refractivity contribution in [2.75, 3.05) is 18.9 Å². The van der Waals surface area contributed by atoms with Crippen LogP contribution in [0.4, 0.5) is 5.82 Å². The Kier molecular flexibility index (Phi) is 4.40. The highest BCUT2D eigenvalue weighted by atomic mass is 32.2. The first kappa shape index (κ1) is 17.9. The highest BCUT2D eigenvalue weighted by molar-refractivity contribution is 7.93. The van der Waals surface area contributed by atoms with Gasteiger partial charge in [-0.15, -0.1) is 0 Å². The maximum absolute atomic E-state index is 13.0. The molecule has 4 aromatic rings. The molecule has 0 atom stereocenters. The number of hydrogen-bond donors (Lipinski definition) is 1. The average molecular weight is 401 g/mol. The van der Waals surface area contributed by atoms with E-state index in [-0.39, 0.29) is 22.2 Å². The van der Waals surface area contributed by atoms with Crippen LogP contribution in [0.15, 0.2) is 62.7 Å². The molecule has 1 N–H and O–H groups in total. The van der Waals surface area contributed by atoms with E-state index in [4.69, 9.17) is 18.4 Å². The normalized spacial score (nSPS) is 11.5. The fourth-order valence-corrected chi connectivity index (χ4v) is 4.11. The van der Waals surface area contributed by atoms with Crippen molar-refractivity contribution in [3.05, 3.63) is 48.9 Å². The van der Waals surface area contributed by atoms with Crippen LogP contribution < -0.4 is 14.2 Å². The first-order valence-electron chi connectivity index (χ1n) is 8.06. The average Bonchev–Trinajstić information content (AvgIpc) is 3.37. The quantitative estimate of drug-likeness (QED) is 0.523. The number of nitrogens with one attached hydrogen (secondary N) is 1. The number of anilines is 1. The number of sulfonamides is 1. The number of methoxy groups -OCH3 is 2. The Morgan fingerprint density at radius 2 is 1.82 bits per heavy atom. The lowest BCUT2D eigenvalue weighted by Crippen LogP contribution is -2.15. The number of aromatic nitrogens is 2. The molecule has 0 aliphatic carbocycles. The summed E-state index contributed by atoms with van der Waals surface area (Å²) in [5, 5.41) is 4.32. The smallest absolute Gasteiger partial charge is 0.270 e. The first-order valence-corrected chi connectivity index (χ1v) is 9.55. The van der Waals surface area contributed by atoms with Gasteiger partial charge >= 0.3 is 0 Å². The molecule has 4 rings (SSSR count). The summed E-state index contributed by atoms with van der Waals surface area (Å²) in [6, 6.07) is 9.75. The van der Waals surface area contributed by atoms with Gasteiger partial charge < -0.3 is 18.4 Å². The van der Waals surface area contributed by atoms with Crippen LogP contribution in [0.5, 0.6) is 11.5 Å². The van der Waals surface area contributed by atoms with Crippen LogP contribution in [0.2, 0.25) is 0 Å². The van der Waals surface area contributed by atoms with Gasteiger partial charge in [0.1, 0.15) is 17.8 Å². The summed E-state index contributed by atoms with van der Waals surface area (Å²) in [5.41, 5.74) is 1.05. The van der Waals surface area contributed by atoms with Gasteiger partial charge in [-0.05, 0) is 30.3 Å². The summed E-state index contributed by atoms with van der Waals surface area (Å²) in [7, 11) is -1.31. The van der Waals surface area contributed by atoms with Gasteiger partial charge in [0.05, 0.1) is 25.8 Å². The lowest BCUT2D eigenvalue weighted by atomic mass is 10.1. The summed E-state index contributed by atoms with van der Waals surface area (Å²) in [6.45, 7) is 0. The minimum Gasteiger partial charge on any atom is -0.495 e. The van der Waals surface area contributed by atoms with Gasteiger partial charge in [0, 0.05) is 5.56 Å². The zero-order chi connectivity index (χ0) is 19.7. The second kappa shape index (κ2) is 6.89. The van der Waals surface area contributed by atoms with E-state index in [9.17, 15) is 8.42 Å². The Hall–Kier alpha value is -3.53. The van der Waals surface area contributed by atoms with Crippen molar-refractivity contribution >= 4 is 26.8 Å². The van der Waals surface area contributed by atoms with Crippen molar-refractivity contribution in [1.29, 1.82) is 0 Å². The third kappa shape index (κ3) is 3.03. The molecule has 10 heteroatoms. The SMILES string of the molecule is COc1cccc(OC)c1S(=O)(=O)Nc1noc2cc(-c3ncco3)ccc12. The zero-order valence-electron chi connectivity index (χ0n) is 14.9. The highest BCUT2D eigenvalue weighted by Crippen LogP contribution is 2.35. The molecule has 0 amide bonds. The van der Waals surface area contributed by atoms with Crippen LogP contribution in [0, 0.1) is 0 Å². The fourth-order valence-electron chi connectivity index (χ4n) is 2.77. The molecular weight excluding hydrogens is 386 g/mol. The van der Waals surface area contributed by atoms with Crippen LogP contribution in [-0.2, 0) is 10.0 Å². The summed E-state index contributed by atoms with van der Waals surface area (Å²) >= 11 is 0. The first-order chi connectivity index (χ1) is 13.5. The van der Waals surface area contributed by atoms with Crippen LogP contribution in [0.1, 0.15) is 0 Å². The van der Waals surface area contributed by atoms with Gasteiger partial charge in [-0.2, -0.15) is 0 Å². The molecule has 2 aromatic heterocycles. The van der Waals surface area contributed by atoms with Gasteiger partial charge in [0.25, 0.3) is 10.0 Å². The molecule has 0 aliphatic rings. The van der Waals surface area contributed by atoms with E-state index >= 15 is 0 Å². The predicted molar refractivity (Wildman–Crippen MR) is 99.9 cm³/mol. The number of ether oxygens (including phenoxy) is 2. The largest absolute Gasteiger partial charge is 0.495 e. The van der Waals surface area contributed by atoms with Crippen molar-refractivity contribution in [3.63, 3.8) is 0 Å². The molecular formula is C18H15N3O6S.